The molecule has 12 aromatic rings. The molecule has 0 saturated carbocycles. The summed E-state index contributed by atoms with van der Waals surface area (Å²) in [5.74, 6) is 0. The summed E-state index contributed by atoms with van der Waals surface area (Å²) >= 11 is 0. The number of fused-ring (bicyclic) bond motifs is 14. The highest BCUT2D eigenvalue weighted by Crippen LogP contribution is 2.55. The maximum atomic E-state index is 6.59. The van der Waals surface area contributed by atoms with Gasteiger partial charge >= 0.3 is 0 Å². The lowest BCUT2D eigenvalue weighted by atomic mass is 9.72. The summed E-state index contributed by atoms with van der Waals surface area (Å²) in [6, 6.07) is 68.4. The van der Waals surface area contributed by atoms with Gasteiger partial charge in [-0.2, -0.15) is 0 Å². The Labute approximate surface area is 346 Å². The normalized spacial score (nSPS) is 13.6. The molecular formula is C57H37NO2. The second-order valence-electron chi connectivity index (χ2n) is 16.8. The van der Waals surface area contributed by atoms with Crippen molar-refractivity contribution in [3.05, 3.63) is 199 Å². The molecule has 0 atom stereocenters. The van der Waals surface area contributed by atoms with Gasteiger partial charge in [-0.05, 0) is 103 Å². The van der Waals surface area contributed by atoms with Crippen LogP contribution in [-0.2, 0) is 5.41 Å². The quantitative estimate of drug-likeness (QED) is 0.168. The Morgan fingerprint density at radius 1 is 0.350 bits per heavy atom. The molecule has 3 nitrogen and oxygen atoms in total. The third kappa shape index (κ3) is 4.60. The van der Waals surface area contributed by atoms with Crippen molar-refractivity contribution < 1.29 is 8.83 Å². The number of hydrogen-bond acceptors (Lipinski definition) is 3. The van der Waals surface area contributed by atoms with Crippen LogP contribution in [0, 0.1) is 0 Å². The van der Waals surface area contributed by atoms with Crippen molar-refractivity contribution in [1.82, 2.24) is 0 Å². The summed E-state index contributed by atoms with van der Waals surface area (Å²) < 4.78 is 13.2. The molecule has 2 aromatic heterocycles. The highest BCUT2D eigenvalue weighted by atomic mass is 16.3. The van der Waals surface area contributed by atoms with E-state index in [0.29, 0.717) is 0 Å². The lowest BCUT2D eigenvalue weighted by Crippen LogP contribution is -2.30. The summed E-state index contributed by atoms with van der Waals surface area (Å²) in [6.45, 7) is 4.75. The van der Waals surface area contributed by atoms with E-state index in [1.165, 1.54) is 54.8 Å². The average molecular weight is 768 g/mol. The molecule has 0 unspecified atom stereocenters. The zero-order chi connectivity index (χ0) is 39.7. The molecule has 60 heavy (non-hydrogen) atoms. The Bertz CT molecular complexity index is 3570. The van der Waals surface area contributed by atoms with Gasteiger partial charge in [-0.1, -0.05) is 153 Å². The lowest BCUT2D eigenvalue weighted by molar-refractivity contribution is 0.632. The Balaban J connectivity index is 1.07. The molecule has 0 saturated heterocycles. The smallest absolute Gasteiger partial charge is 0.143 e. The summed E-state index contributed by atoms with van der Waals surface area (Å²) in [7, 11) is 0. The van der Waals surface area contributed by atoms with E-state index in [1.54, 1.807) is 0 Å². The first-order valence-corrected chi connectivity index (χ1v) is 20.7. The van der Waals surface area contributed by atoms with Crippen molar-refractivity contribution in [1.29, 1.82) is 0 Å². The van der Waals surface area contributed by atoms with Gasteiger partial charge in [-0.25, -0.2) is 0 Å². The highest BCUT2D eigenvalue weighted by Gasteiger charge is 2.38. The van der Waals surface area contributed by atoms with E-state index >= 15 is 0 Å². The third-order valence-electron chi connectivity index (χ3n) is 13.2. The fourth-order valence-electron chi connectivity index (χ4n) is 10.3. The molecule has 13 rings (SSSR count). The van der Waals surface area contributed by atoms with Gasteiger partial charge in [-0.3, -0.25) is 0 Å². The Hall–Kier alpha value is -7.62. The van der Waals surface area contributed by atoms with Gasteiger partial charge in [0.15, 0.2) is 0 Å². The predicted octanol–water partition coefficient (Wildman–Crippen LogP) is 16.4. The van der Waals surface area contributed by atoms with Gasteiger partial charge in [-0.15, -0.1) is 0 Å². The number of furan rings is 2. The van der Waals surface area contributed by atoms with E-state index in [-0.39, 0.29) is 5.41 Å². The SMILES string of the molecule is CC1(C)c2cc(-c3cccc4c3oc3ccccc34)ccc2N(c2ccc3c4ccccc4c4ccccc4c3c2)c2ccc(-c3cccc4c3oc3ccccc34)cc21. The second-order valence-corrected chi connectivity index (χ2v) is 16.8. The van der Waals surface area contributed by atoms with Crippen LogP contribution in [0.2, 0.25) is 0 Å². The number of anilines is 3. The van der Waals surface area contributed by atoms with Crippen molar-refractivity contribution in [2.75, 3.05) is 4.90 Å². The highest BCUT2D eigenvalue weighted by molar-refractivity contribution is 6.26. The molecule has 1 aliphatic rings. The number of para-hydroxylation sites is 4. The van der Waals surface area contributed by atoms with E-state index in [2.05, 4.69) is 195 Å². The van der Waals surface area contributed by atoms with Crippen LogP contribution in [0.5, 0.6) is 0 Å². The van der Waals surface area contributed by atoms with E-state index in [4.69, 9.17) is 8.83 Å². The summed E-state index contributed by atoms with van der Waals surface area (Å²) in [5.41, 5.74) is 13.7. The fraction of sp³-hybridized carbons (Fsp3) is 0.0526. The van der Waals surface area contributed by atoms with Crippen molar-refractivity contribution in [3.8, 4) is 22.3 Å². The molecule has 1 aliphatic heterocycles. The molecule has 0 amide bonds. The Morgan fingerprint density at radius 2 is 0.767 bits per heavy atom. The number of hydrogen-bond donors (Lipinski definition) is 0. The van der Waals surface area contributed by atoms with Crippen molar-refractivity contribution in [2.45, 2.75) is 19.3 Å². The minimum Gasteiger partial charge on any atom is -0.455 e. The average Bonchev–Trinajstić information content (AvgIpc) is 3.88. The Morgan fingerprint density at radius 3 is 1.27 bits per heavy atom. The second kappa shape index (κ2) is 12.2. The van der Waals surface area contributed by atoms with E-state index in [1.807, 2.05) is 12.1 Å². The largest absolute Gasteiger partial charge is 0.455 e. The van der Waals surface area contributed by atoms with Crippen LogP contribution in [0.3, 0.4) is 0 Å². The monoisotopic (exact) mass is 767 g/mol. The van der Waals surface area contributed by atoms with Crippen molar-refractivity contribution in [3.63, 3.8) is 0 Å². The van der Waals surface area contributed by atoms with Crippen LogP contribution >= 0.6 is 0 Å². The zero-order valence-electron chi connectivity index (χ0n) is 33.2. The number of benzene rings is 10. The molecule has 0 aliphatic carbocycles. The molecule has 0 fully saturated rings. The molecule has 0 bridgehead atoms. The molecule has 0 spiro atoms. The van der Waals surface area contributed by atoms with Crippen LogP contribution in [0.1, 0.15) is 25.0 Å². The lowest BCUT2D eigenvalue weighted by Gasteiger charge is -2.42. The molecule has 282 valence electrons. The van der Waals surface area contributed by atoms with Gasteiger partial charge in [0.2, 0.25) is 0 Å². The number of nitrogens with zero attached hydrogens (tertiary/aromatic N) is 1. The summed E-state index contributed by atoms with van der Waals surface area (Å²) in [5, 5.41) is 12.1. The van der Waals surface area contributed by atoms with Crippen LogP contribution < -0.4 is 4.90 Å². The topological polar surface area (TPSA) is 29.5 Å². The van der Waals surface area contributed by atoms with Gasteiger partial charge in [0.1, 0.15) is 22.3 Å². The van der Waals surface area contributed by atoms with Gasteiger partial charge < -0.3 is 13.7 Å². The fourth-order valence-corrected chi connectivity index (χ4v) is 10.3. The maximum absolute atomic E-state index is 6.59. The summed E-state index contributed by atoms with van der Waals surface area (Å²) in [6.07, 6.45) is 0. The molecule has 0 radical (unpaired) electrons. The minimum atomic E-state index is -0.365. The molecular weight excluding hydrogens is 731 g/mol. The zero-order valence-corrected chi connectivity index (χ0v) is 33.2. The van der Waals surface area contributed by atoms with Gasteiger partial charge in [0.05, 0.1) is 11.4 Å². The number of rotatable bonds is 3. The Kier molecular flexibility index (Phi) is 6.78. The standard InChI is InChI=1S/C57H37NO2/c1-57(2)49-31-34(37-19-11-21-46-44-17-7-9-23-53(44)59-55(37)46)25-29-51(49)58(36-27-28-43-41-15-4-3-13-39(41)40-14-5-6-16-42(40)48(43)33-36)52-30-26-35(32-50(52)57)38-20-12-22-47-45-18-8-10-24-54(45)60-56(38)47/h3-33H,1-2H3. The third-order valence-corrected chi connectivity index (χ3v) is 13.2. The van der Waals surface area contributed by atoms with Crippen LogP contribution in [0.4, 0.5) is 17.1 Å². The van der Waals surface area contributed by atoms with Gasteiger partial charge in [0, 0.05) is 43.8 Å². The van der Waals surface area contributed by atoms with E-state index in [0.717, 1.165) is 71.8 Å². The molecule has 0 N–H and O–H groups in total. The maximum Gasteiger partial charge on any atom is 0.143 e. The first-order valence-electron chi connectivity index (χ1n) is 20.7. The van der Waals surface area contributed by atoms with Crippen LogP contribution in [0.25, 0.3) is 98.4 Å². The van der Waals surface area contributed by atoms with Crippen molar-refractivity contribution >= 4 is 93.3 Å². The molecule has 3 heteroatoms. The van der Waals surface area contributed by atoms with E-state index in [9.17, 15) is 0 Å². The predicted molar refractivity (Wildman–Crippen MR) is 251 cm³/mol. The van der Waals surface area contributed by atoms with E-state index < -0.39 is 0 Å². The summed E-state index contributed by atoms with van der Waals surface area (Å²) in [4.78, 5) is 2.48. The van der Waals surface area contributed by atoms with Crippen LogP contribution in [-0.4, -0.2) is 0 Å². The molecule has 3 heterocycles. The van der Waals surface area contributed by atoms with Crippen molar-refractivity contribution in [2.24, 2.45) is 0 Å². The first-order chi connectivity index (χ1) is 29.5. The first kappa shape index (κ1) is 33.4. The minimum absolute atomic E-state index is 0.365. The van der Waals surface area contributed by atoms with Gasteiger partial charge in [0.25, 0.3) is 0 Å². The van der Waals surface area contributed by atoms with Crippen LogP contribution in [0.15, 0.2) is 197 Å². The molecule has 10 aromatic carbocycles.